The zero-order valence-electron chi connectivity index (χ0n) is 17.4. The highest BCUT2D eigenvalue weighted by atomic mass is 32.2. The molecule has 3 aromatic rings. The van der Waals surface area contributed by atoms with Gasteiger partial charge in [-0.15, -0.1) is 23.1 Å². The summed E-state index contributed by atoms with van der Waals surface area (Å²) >= 11 is 5.28. The fourth-order valence-electron chi connectivity index (χ4n) is 3.33. The van der Waals surface area contributed by atoms with E-state index in [4.69, 9.17) is 19.4 Å². The van der Waals surface area contributed by atoms with Crippen molar-refractivity contribution in [3.8, 4) is 5.75 Å². The first-order valence-corrected chi connectivity index (χ1v) is 12.4. The summed E-state index contributed by atoms with van der Waals surface area (Å²) in [6.45, 7) is 9.34. The number of thioether (sulfide) groups is 2. The largest absolute Gasteiger partial charge is 0.497 e. The van der Waals surface area contributed by atoms with Crippen LogP contribution in [0.4, 0.5) is 0 Å². The number of hydrogen-bond acceptors (Lipinski definition) is 7. The highest BCUT2D eigenvalue weighted by molar-refractivity contribution is 8.00. The van der Waals surface area contributed by atoms with E-state index in [9.17, 15) is 0 Å². The van der Waals surface area contributed by atoms with Crippen molar-refractivity contribution in [2.24, 2.45) is 0 Å². The SMILES string of the molecule is COc1ccc(CSc2nc(SC(C)C)nc3sc4c(c23)CC(C)(C)OC4)cc1. The molecule has 1 aromatic carbocycles. The maximum Gasteiger partial charge on any atom is 0.190 e. The molecule has 0 aliphatic carbocycles. The Morgan fingerprint density at radius 1 is 1.21 bits per heavy atom. The molecule has 1 aliphatic heterocycles. The van der Waals surface area contributed by atoms with Crippen LogP contribution in [0.2, 0.25) is 0 Å². The van der Waals surface area contributed by atoms with E-state index in [1.807, 2.05) is 12.1 Å². The van der Waals surface area contributed by atoms with E-state index in [2.05, 4.69) is 39.8 Å². The number of thiophene rings is 1. The van der Waals surface area contributed by atoms with Crippen molar-refractivity contribution in [3.63, 3.8) is 0 Å². The zero-order valence-corrected chi connectivity index (χ0v) is 19.9. The Hall–Kier alpha value is -1.28. The van der Waals surface area contributed by atoms with Crippen LogP contribution in [0, 0.1) is 0 Å². The maximum atomic E-state index is 6.05. The minimum absolute atomic E-state index is 0.149. The number of nitrogens with zero attached hydrogens (tertiary/aromatic N) is 2. The number of methoxy groups -OCH3 is 1. The van der Waals surface area contributed by atoms with Gasteiger partial charge in [-0.2, -0.15) is 0 Å². The number of benzene rings is 1. The Morgan fingerprint density at radius 3 is 2.66 bits per heavy atom. The summed E-state index contributed by atoms with van der Waals surface area (Å²) in [5.41, 5.74) is 2.48. The molecule has 0 fully saturated rings. The Morgan fingerprint density at radius 2 is 1.97 bits per heavy atom. The molecule has 0 radical (unpaired) electrons. The van der Waals surface area contributed by atoms with Gasteiger partial charge in [-0.1, -0.05) is 37.7 Å². The van der Waals surface area contributed by atoms with Gasteiger partial charge in [-0.25, -0.2) is 9.97 Å². The Bertz CT molecular complexity index is 1010. The van der Waals surface area contributed by atoms with Crippen molar-refractivity contribution < 1.29 is 9.47 Å². The van der Waals surface area contributed by atoms with Gasteiger partial charge in [-0.05, 0) is 37.1 Å². The lowest BCUT2D eigenvalue weighted by Gasteiger charge is -2.30. The van der Waals surface area contributed by atoms with E-state index in [0.29, 0.717) is 11.9 Å². The van der Waals surface area contributed by atoms with Gasteiger partial charge >= 0.3 is 0 Å². The fraction of sp³-hybridized carbons (Fsp3) is 0.455. The first-order valence-electron chi connectivity index (χ1n) is 9.73. The number of hydrogen-bond donors (Lipinski definition) is 0. The molecule has 0 saturated carbocycles. The molecule has 0 atom stereocenters. The van der Waals surface area contributed by atoms with Gasteiger partial charge in [0, 0.05) is 27.7 Å². The van der Waals surface area contributed by atoms with Crippen LogP contribution in [0.25, 0.3) is 10.2 Å². The van der Waals surface area contributed by atoms with Gasteiger partial charge in [0.2, 0.25) is 0 Å². The standard InChI is InChI=1S/C22H26N2O2S3/c1-13(2)28-21-23-19(27-12-14-6-8-15(25-5)9-7-14)18-16-10-22(3,4)26-11-17(16)29-20(18)24-21/h6-9,13H,10-12H2,1-5H3. The molecule has 1 aliphatic rings. The van der Waals surface area contributed by atoms with Crippen LogP contribution in [0.1, 0.15) is 43.7 Å². The van der Waals surface area contributed by atoms with Crippen molar-refractivity contribution >= 4 is 45.1 Å². The van der Waals surface area contributed by atoms with Gasteiger partial charge in [-0.3, -0.25) is 0 Å². The van der Waals surface area contributed by atoms with Crippen molar-refractivity contribution in [2.75, 3.05) is 7.11 Å². The smallest absolute Gasteiger partial charge is 0.190 e. The molecule has 0 saturated heterocycles. The van der Waals surface area contributed by atoms with E-state index in [1.165, 1.54) is 21.4 Å². The van der Waals surface area contributed by atoms with Crippen LogP contribution in [-0.2, 0) is 23.5 Å². The summed E-state index contributed by atoms with van der Waals surface area (Å²) in [6.07, 6.45) is 0.901. The van der Waals surface area contributed by atoms with Gasteiger partial charge < -0.3 is 9.47 Å². The number of fused-ring (bicyclic) bond motifs is 3. The summed E-state index contributed by atoms with van der Waals surface area (Å²) in [5.74, 6) is 1.75. The lowest BCUT2D eigenvalue weighted by Crippen LogP contribution is -2.31. The molecule has 0 N–H and O–H groups in total. The van der Waals surface area contributed by atoms with E-state index < -0.39 is 0 Å². The first kappa shape index (κ1) is 21.0. The molecule has 3 heterocycles. The van der Waals surface area contributed by atoms with Crippen LogP contribution >= 0.6 is 34.9 Å². The molecule has 4 rings (SSSR count). The maximum absolute atomic E-state index is 6.05. The second-order valence-electron chi connectivity index (χ2n) is 8.02. The molecule has 4 nitrogen and oxygen atoms in total. The van der Waals surface area contributed by atoms with Gasteiger partial charge in [0.05, 0.1) is 19.3 Å². The Labute approximate surface area is 184 Å². The summed E-state index contributed by atoms with van der Waals surface area (Å²) in [7, 11) is 1.69. The third-order valence-electron chi connectivity index (χ3n) is 4.75. The van der Waals surface area contributed by atoms with E-state index in [-0.39, 0.29) is 5.60 Å². The average Bonchev–Trinajstić information content (AvgIpc) is 3.02. The van der Waals surface area contributed by atoms with Crippen LogP contribution in [-0.4, -0.2) is 27.9 Å². The highest BCUT2D eigenvalue weighted by Gasteiger charge is 2.31. The predicted molar refractivity (Wildman–Crippen MR) is 124 cm³/mol. The molecule has 29 heavy (non-hydrogen) atoms. The van der Waals surface area contributed by atoms with Gasteiger partial charge in [0.15, 0.2) is 5.16 Å². The quantitative estimate of drug-likeness (QED) is 0.250. The molecular weight excluding hydrogens is 420 g/mol. The second-order valence-corrected chi connectivity index (χ2v) is 11.6. The normalized spacial score (nSPS) is 15.7. The number of rotatable bonds is 6. The lowest BCUT2D eigenvalue weighted by molar-refractivity contribution is -0.0379. The van der Waals surface area contributed by atoms with Crippen LogP contribution in [0.15, 0.2) is 34.4 Å². The van der Waals surface area contributed by atoms with Crippen LogP contribution in [0.3, 0.4) is 0 Å². The summed E-state index contributed by atoms with van der Waals surface area (Å²) in [6, 6.07) is 8.26. The third kappa shape index (κ3) is 4.74. The molecular formula is C22H26N2O2S3. The van der Waals surface area contributed by atoms with Crippen molar-refractivity contribution in [2.45, 2.75) is 67.5 Å². The second kappa shape index (κ2) is 8.46. The average molecular weight is 447 g/mol. The molecule has 0 amide bonds. The van der Waals surface area contributed by atoms with Crippen molar-refractivity contribution in [1.29, 1.82) is 0 Å². The Kier molecular flexibility index (Phi) is 6.11. The minimum Gasteiger partial charge on any atom is -0.497 e. The number of ether oxygens (including phenoxy) is 2. The monoisotopic (exact) mass is 446 g/mol. The predicted octanol–water partition coefficient (Wildman–Crippen LogP) is 6.34. The minimum atomic E-state index is -0.149. The molecule has 0 unspecified atom stereocenters. The topological polar surface area (TPSA) is 44.2 Å². The van der Waals surface area contributed by atoms with Gasteiger partial charge in [0.25, 0.3) is 0 Å². The first-order chi connectivity index (χ1) is 13.8. The van der Waals surface area contributed by atoms with E-state index in [0.717, 1.165) is 32.9 Å². The van der Waals surface area contributed by atoms with E-state index in [1.54, 1.807) is 42.0 Å². The Balaban J connectivity index is 1.71. The van der Waals surface area contributed by atoms with Crippen LogP contribution < -0.4 is 4.74 Å². The highest BCUT2D eigenvalue weighted by Crippen LogP contribution is 2.43. The summed E-state index contributed by atoms with van der Waals surface area (Å²) in [4.78, 5) is 12.3. The molecule has 0 bridgehead atoms. The summed E-state index contributed by atoms with van der Waals surface area (Å²) in [5, 5.41) is 3.63. The summed E-state index contributed by atoms with van der Waals surface area (Å²) < 4.78 is 11.3. The third-order valence-corrected chi connectivity index (χ3v) is 7.76. The van der Waals surface area contributed by atoms with Gasteiger partial charge in [0.1, 0.15) is 15.6 Å². The fourth-order valence-corrected chi connectivity index (χ4v) is 6.34. The molecule has 0 spiro atoms. The zero-order chi connectivity index (χ0) is 20.6. The molecule has 154 valence electrons. The molecule has 2 aromatic heterocycles. The van der Waals surface area contributed by atoms with E-state index >= 15 is 0 Å². The molecule has 7 heteroatoms. The van der Waals surface area contributed by atoms with Crippen molar-refractivity contribution in [3.05, 3.63) is 40.3 Å². The van der Waals surface area contributed by atoms with Crippen LogP contribution in [0.5, 0.6) is 5.75 Å². The number of aromatic nitrogens is 2. The lowest BCUT2D eigenvalue weighted by atomic mass is 9.95. The van der Waals surface area contributed by atoms with Crippen molar-refractivity contribution in [1.82, 2.24) is 9.97 Å².